The van der Waals surface area contributed by atoms with E-state index in [0.29, 0.717) is 6.42 Å². The molecule has 0 bridgehead atoms. The quantitative estimate of drug-likeness (QED) is 0.440. The molecule has 0 aliphatic rings. The summed E-state index contributed by atoms with van der Waals surface area (Å²) in [5.74, 6) is -6.21. The van der Waals surface area contributed by atoms with Crippen LogP contribution in [-0.4, -0.2) is 0 Å². The van der Waals surface area contributed by atoms with Gasteiger partial charge in [0.15, 0.2) is 23.3 Å². The Labute approximate surface area is 93.4 Å². The first-order valence-electron chi connectivity index (χ1n) is 4.51. The van der Waals surface area contributed by atoms with Gasteiger partial charge in [0.1, 0.15) is 0 Å². The fraction of sp³-hybridized carbons (Fsp3) is 0.400. The Morgan fingerprint density at radius 3 is 2.00 bits per heavy atom. The zero-order valence-electron chi connectivity index (χ0n) is 8.01. The highest BCUT2D eigenvalue weighted by molar-refractivity contribution is 9.10. The Kier molecular flexibility index (Phi) is 4.13. The lowest BCUT2D eigenvalue weighted by Crippen LogP contribution is -2.04. The number of unbranched alkanes of at least 4 members (excludes halogenated alkanes) is 1. The summed E-state index contributed by atoms with van der Waals surface area (Å²) in [6, 6.07) is 0. The normalized spacial score (nSPS) is 10.8. The molecule has 0 nitrogen and oxygen atoms in total. The molecule has 0 fully saturated rings. The predicted molar refractivity (Wildman–Crippen MR) is 52.6 cm³/mol. The monoisotopic (exact) mass is 284 g/mol. The molecule has 0 aromatic heterocycles. The van der Waals surface area contributed by atoms with Gasteiger partial charge in [-0.25, -0.2) is 17.6 Å². The van der Waals surface area contributed by atoms with E-state index in [9.17, 15) is 17.6 Å². The summed E-state index contributed by atoms with van der Waals surface area (Å²) in [6.07, 6.45) is 1.52. The molecule has 0 saturated heterocycles. The lowest BCUT2D eigenvalue weighted by molar-refractivity contribution is 0.400. The van der Waals surface area contributed by atoms with Crippen molar-refractivity contribution >= 4 is 15.9 Å². The van der Waals surface area contributed by atoms with Gasteiger partial charge in [0.25, 0.3) is 0 Å². The van der Waals surface area contributed by atoms with Crippen LogP contribution in [0.4, 0.5) is 17.6 Å². The number of hydrogen-bond donors (Lipinski definition) is 0. The van der Waals surface area contributed by atoms with E-state index in [1.54, 1.807) is 0 Å². The zero-order valence-corrected chi connectivity index (χ0v) is 9.60. The molecule has 1 aromatic rings. The smallest absolute Gasteiger partial charge is 0.198 e. The van der Waals surface area contributed by atoms with E-state index in [0.717, 1.165) is 6.42 Å². The molecule has 0 unspecified atom stereocenters. The van der Waals surface area contributed by atoms with Crippen LogP contribution in [0.15, 0.2) is 4.47 Å². The lowest BCUT2D eigenvalue weighted by atomic mass is 10.1. The van der Waals surface area contributed by atoms with Crippen molar-refractivity contribution in [2.45, 2.75) is 26.2 Å². The van der Waals surface area contributed by atoms with E-state index in [-0.39, 0.29) is 16.5 Å². The molecule has 0 spiro atoms. The third-order valence-corrected chi connectivity index (χ3v) is 2.91. The summed E-state index contributed by atoms with van der Waals surface area (Å²) in [6.45, 7) is 1.86. The van der Waals surface area contributed by atoms with Crippen molar-refractivity contribution in [3.8, 4) is 0 Å². The van der Waals surface area contributed by atoms with Crippen LogP contribution in [0.1, 0.15) is 25.3 Å². The van der Waals surface area contributed by atoms with Gasteiger partial charge in [-0.1, -0.05) is 13.3 Å². The lowest BCUT2D eigenvalue weighted by Gasteiger charge is -2.08. The predicted octanol–water partition coefficient (Wildman–Crippen LogP) is 4.35. The van der Waals surface area contributed by atoms with E-state index < -0.39 is 23.3 Å². The molecule has 1 rings (SSSR count). The summed E-state index contributed by atoms with van der Waals surface area (Å²) in [7, 11) is 0. The summed E-state index contributed by atoms with van der Waals surface area (Å²) in [5, 5.41) is 0. The molecule has 0 saturated carbocycles. The minimum Gasteiger partial charge on any atom is -0.203 e. The largest absolute Gasteiger partial charge is 0.203 e. The van der Waals surface area contributed by atoms with E-state index in [4.69, 9.17) is 0 Å². The molecule has 15 heavy (non-hydrogen) atoms. The SMILES string of the molecule is CCCCc1c(F)c(F)c(F)c(F)c1Br. The van der Waals surface area contributed by atoms with E-state index in [2.05, 4.69) is 15.9 Å². The van der Waals surface area contributed by atoms with Gasteiger partial charge in [-0.15, -0.1) is 0 Å². The van der Waals surface area contributed by atoms with Crippen LogP contribution >= 0.6 is 15.9 Å². The third-order valence-electron chi connectivity index (χ3n) is 2.08. The standard InChI is InChI=1S/C10H9BrF4/c1-2-3-4-5-6(11)8(13)10(15)9(14)7(5)12/h2-4H2,1H3. The fourth-order valence-corrected chi connectivity index (χ4v) is 1.77. The second-order valence-electron chi connectivity index (χ2n) is 3.15. The Bertz CT molecular complexity index is 347. The summed E-state index contributed by atoms with van der Waals surface area (Å²) in [4.78, 5) is 0. The molecular weight excluding hydrogens is 276 g/mol. The second kappa shape index (κ2) is 4.96. The van der Waals surface area contributed by atoms with Crippen LogP contribution in [0.3, 0.4) is 0 Å². The molecule has 0 radical (unpaired) electrons. The van der Waals surface area contributed by atoms with Crippen molar-refractivity contribution in [1.29, 1.82) is 0 Å². The van der Waals surface area contributed by atoms with Crippen LogP contribution in [0.2, 0.25) is 0 Å². The Balaban J connectivity index is 3.26. The van der Waals surface area contributed by atoms with Crippen molar-refractivity contribution < 1.29 is 17.6 Å². The minimum absolute atomic E-state index is 0.145. The maximum atomic E-state index is 13.2. The fourth-order valence-electron chi connectivity index (χ4n) is 1.22. The summed E-state index contributed by atoms with van der Waals surface area (Å²) < 4.78 is 51.5. The Hall–Kier alpha value is -0.580. The average Bonchev–Trinajstić information content (AvgIpc) is 2.24. The maximum absolute atomic E-state index is 13.2. The van der Waals surface area contributed by atoms with Gasteiger partial charge in [-0.3, -0.25) is 0 Å². The zero-order chi connectivity index (χ0) is 11.6. The third kappa shape index (κ3) is 2.33. The first-order valence-corrected chi connectivity index (χ1v) is 5.30. The van der Waals surface area contributed by atoms with Crippen molar-refractivity contribution in [3.05, 3.63) is 33.3 Å². The molecule has 0 heterocycles. The maximum Gasteiger partial charge on any atom is 0.198 e. The average molecular weight is 285 g/mol. The van der Waals surface area contributed by atoms with Gasteiger partial charge in [0.05, 0.1) is 4.47 Å². The molecule has 84 valence electrons. The Morgan fingerprint density at radius 2 is 1.47 bits per heavy atom. The van der Waals surface area contributed by atoms with Gasteiger partial charge in [0, 0.05) is 5.56 Å². The van der Waals surface area contributed by atoms with Crippen molar-refractivity contribution in [2.75, 3.05) is 0 Å². The molecular formula is C10H9BrF4. The van der Waals surface area contributed by atoms with Crippen molar-refractivity contribution in [2.24, 2.45) is 0 Å². The van der Waals surface area contributed by atoms with E-state index in [1.807, 2.05) is 6.92 Å². The molecule has 0 atom stereocenters. The first kappa shape index (κ1) is 12.5. The topological polar surface area (TPSA) is 0 Å². The van der Waals surface area contributed by atoms with Crippen LogP contribution < -0.4 is 0 Å². The number of rotatable bonds is 3. The second-order valence-corrected chi connectivity index (χ2v) is 3.95. The van der Waals surface area contributed by atoms with Gasteiger partial charge in [-0.05, 0) is 28.8 Å². The van der Waals surface area contributed by atoms with E-state index >= 15 is 0 Å². The van der Waals surface area contributed by atoms with Crippen LogP contribution in [0.5, 0.6) is 0 Å². The van der Waals surface area contributed by atoms with E-state index in [1.165, 1.54) is 0 Å². The minimum atomic E-state index is -1.78. The molecule has 0 N–H and O–H groups in total. The summed E-state index contributed by atoms with van der Waals surface area (Å²) >= 11 is 2.72. The Morgan fingerprint density at radius 1 is 0.933 bits per heavy atom. The molecule has 5 heteroatoms. The number of hydrogen-bond acceptors (Lipinski definition) is 0. The van der Waals surface area contributed by atoms with Gasteiger partial charge in [-0.2, -0.15) is 0 Å². The van der Waals surface area contributed by atoms with Crippen molar-refractivity contribution in [3.63, 3.8) is 0 Å². The highest BCUT2D eigenvalue weighted by atomic mass is 79.9. The van der Waals surface area contributed by atoms with Crippen LogP contribution in [0.25, 0.3) is 0 Å². The van der Waals surface area contributed by atoms with Crippen LogP contribution in [-0.2, 0) is 6.42 Å². The highest BCUT2D eigenvalue weighted by Crippen LogP contribution is 2.29. The van der Waals surface area contributed by atoms with Crippen LogP contribution in [0, 0.1) is 23.3 Å². The van der Waals surface area contributed by atoms with Gasteiger partial charge in [0.2, 0.25) is 0 Å². The first-order chi connectivity index (χ1) is 7.00. The molecule has 0 aliphatic carbocycles. The number of halogens is 5. The van der Waals surface area contributed by atoms with Gasteiger partial charge < -0.3 is 0 Å². The number of benzene rings is 1. The van der Waals surface area contributed by atoms with Crippen molar-refractivity contribution in [1.82, 2.24) is 0 Å². The molecule has 0 aliphatic heterocycles. The molecule has 0 amide bonds. The highest BCUT2D eigenvalue weighted by Gasteiger charge is 2.23. The summed E-state index contributed by atoms with van der Waals surface area (Å²) in [5.41, 5.74) is -0.145. The molecule has 1 aromatic carbocycles. The van der Waals surface area contributed by atoms with Gasteiger partial charge >= 0.3 is 0 Å².